The van der Waals surface area contributed by atoms with E-state index in [0.29, 0.717) is 0 Å². The van der Waals surface area contributed by atoms with Crippen LogP contribution in [0.2, 0.25) is 0 Å². The van der Waals surface area contributed by atoms with Crippen molar-refractivity contribution >= 4 is 5.69 Å². The van der Waals surface area contributed by atoms with Crippen LogP contribution in [0.3, 0.4) is 0 Å². The van der Waals surface area contributed by atoms with Gasteiger partial charge in [0.1, 0.15) is 5.75 Å². The number of aliphatic hydroxyl groups is 1. The Hall–Kier alpha value is -2.00. The van der Waals surface area contributed by atoms with Crippen LogP contribution in [0.1, 0.15) is 29.7 Å². The maximum Gasteiger partial charge on any atom is 0.122 e. The molecule has 1 aliphatic rings. The first-order valence-corrected chi connectivity index (χ1v) is 6.99. The molecule has 1 heterocycles. The van der Waals surface area contributed by atoms with Crippen LogP contribution < -0.4 is 10.1 Å². The fraction of sp³-hybridized carbons (Fsp3) is 0.294. The molecule has 2 aromatic carbocycles. The Bertz CT molecular complexity index is 608. The third-order valence-electron chi connectivity index (χ3n) is 3.65. The minimum Gasteiger partial charge on any atom is -0.493 e. The second-order valence-electron chi connectivity index (χ2n) is 5.16. The molecule has 0 aromatic heterocycles. The van der Waals surface area contributed by atoms with E-state index >= 15 is 0 Å². The number of ether oxygens (including phenoxy) is 1. The molecule has 0 saturated heterocycles. The van der Waals surface area contributed by atoms with Gasteiger partial charge >= 0.3 is 0 Å². The predicted octanol–water partition coefficient (Wildman–Crippen LogP) is 3.29. The average molecular weight is 269 g/mol. The van der Waals surface area contributed by atoms with Crippen LogP contribution in [-0.4, -0.2) is 11.7 Å². The van der Waals surface area contributed by atoms with Crippen LogP contribution in [0, 0.1) is 0 Å². The van der Waals surface area contributed by atoms with Crippen molar-refractivity contribution in [1.82, 2.24) is 0 Å². The van der Waals surface area contributed by atoms with Crippen molar-refractivity contribution in [3.63, 3.8) is 0 Å². The summed E-state index contributed by atoms with van der Waals surface area (Å²) in [6, 6.07) is 14.2. The molecule has 104 valence electrons. The molecule has 3 nitrogen and oxygen atoms in total. The molecule has 2 N–H and O–H groups in total. The summed E-state index contributed by atoms with van der Waals surface area (Å²) in [6.45, 7) is 3.32. The SMILES string of the molecule is CC(O)c1ccccc1NCc1ccc2c(c1)CCO2. The van der Waals surface area contributed by atoms with E-state index in [2.05, 4.69) is 17.4 Å². The Morgan fingerprint density at radius 3 is 2.95 bits per heavy atom. The van der Waals surface area contributed by atoms with Crippen LogP contribution in [0.4, 0.5) is 5.69 Å². The summed E-state index contributed by atoms with van der Waals surface area (Å²) >= 11 is 0. The van der Waals surface area contributed by atoms with Gasteiger partial charge in [0.15, 0.2) is 0 Å². The number of benzene rings is 2. The maximum atomic E-state index is 9.77. The van der Waals surface area contributed by atoms with Gasteiger partial charge in [-0.1, -0.05) is 30.3 Å². The first kappa shape index (κ1) is 13.0. The smallest absolute Gasteiger partial charge is 0.122 e. The first-order valence-electron chi connectivity index (χ1n) is 6.99. The number of hydrogen-bond donors (Lipinski definition) is 2. The Kier molecular flexibility index (Phi) is 3.61. The summed E-state index contributed by atoms with van der Waals surface area (Å²) in [4.78, 5) is 0. The summed E-state index contributed by atoms with van der Waals surface area (Å²) in [6.07, 6.45) is 0.528. The van der Waals surface area contributed by atoms with Crippen LogP contribution in [0.15, 0.2) is 42.5 Å². The summed E-state index contributed by atoms with van der Waals surface area (Å²) in [7, 11) is 0. The average Bonchev–Trinajstić information content (AvgIpc) is 2.92. The molecule has 3 rings (SSSR count). The molecular formula is C17H19NO2. The topological polar surface area (TPSA) is 41.5 Å². The zero-order valence-electron chi connectivity index (χ0n) is 11.6. The van der Waals surface area contributed by atoms with Gasteiger partial charge in [-0.05, 0) is 30.2 Å². The molecule has 0 saturated carbocycles. The van der Waals surface area contributed by atoms with E-state index in [1.165, 1.54) is 11.1 Å². The monoisotopic (exact) mass is 269 g/mol. The number of para-hydroxylation sites is 1. The van der Waals surface area contributed by atoms with Crippen molar-refractivity contribution in [3.05, 3.63) is 59.2 Å². The number of rotatable bonds is 4. The van der Waals surface area contributed by atoms with Crippen molar-refractivity contribution < 1.29 is 9.84 Å². The number of hydrogen-bond acceptors (Lipinski definition) is 3. The van der Waals surface area contributed by atoms with Gasteiger partial charge in [-0.25, -0.2) is 0 Å². The summed E-state index contributed by atoms with van der Waals surface area (Å²) in [5.41, 5.74) is 4.43. The highest BCUT2D eigenvalue weighted by Crippen LogP contribution is 2.27. The maximum absolute atomic E-state index is 9.77. The molecule has 0 radical (unpaired) electrons. The van der Waals surface area contributed by atoms with Gasteiger partial charge in [0.25, 0.3) is 0 Å². The van der Waals surface area contributed by atoms with E-state index in [1.54, 1.807) is 6.92 Å². The van der Waals surface area contributed by atoms with Gasteiger partial charge < -0.3 is 15.2 Å². The largest absolute Gasteiger partial charge is 0.493 e. The van der Waals surface area contributed by atoms with Crippen LogP contribution >= 0.6 is 0 Å². The molecule has 0 spiro atoms. The molecule has 1 atom stereocenters. The van der Waals surface area contributed by atoms with Gasteiger partial charge in [0, 0.05) is 24.2 Å². The molecule has 1 aliphatic heterocycles. The number of aliphatic hydroxyl groups excluding tert-OH is 1. The molecule has 2 aromatic rings. The fourth-order valence-electron chi connectivity index (χ4n) is 2.57. The van der Waals surface area contributed by atoms with Gasteiger partial charge in [0.2, 0.25) is 0 Å². The van der Waals surface area contributed by atoms with Gasteiger partial charge in [-0.15, -0.1) is 0 Å². The first-order chi connectivity index (χ1) is 9.74. The van der Waals surface area contributed by atoms with Crippen LogP contribution in [-0.2, 0) is 13.0 Å². The Morgan fingerprint density at radius 2 is 2.10 bits per heavy atom. The van der Waals surface area contributed by atoms with E-state index in [4.69, 9.17) is 4.74 Å². The van der Waals surface area contributed by atoms with E-state index in [-0.39, 0.29) is 0 Å². The standard InChI is InChI=1S/C17H19NO2/c1-12(19)15-4-2-3-5-16(15)18-11-13-6-7-17-14(10-13)8-9-20-17/h2-7,10,12,18-19H,8-9,11H2,1H3. The van der Waals surface area contributed by atoms with Crippen LogP contribution in [0.25, 0.3) is 0 Å². The highest BCUT2D eigenvalue weighted by molar-refractivity contribution is 5.52. The van der Waals surface area contributed by atoms with Gasteiger partial charge in [0.05, 0.1) is 12.7 Å². The Balaban J connectivity index is 1.74. The van der Waals surface area contributed by atoms with Gasteiger partial charge in [-0.3, -0.25) is 0 Å². The lowest BCUT2D eigenvalue weighted by atomic mass is 10.1. The van der Waals surface area contributed by atoms with E-state index < -0.39 is 6.10 Å². The van der Waals surface area contributed by atoms with Crippen molar-refractivity contribution in [2.45, 2.75) is 26.0 Å². The second-order valence-corrected chi connectivity index (χ2v) is 5.16. The summed E-state index contributed by atoms with van der Waals surface area (Å²) in [5.74, 6) is 1.01. The third-order valence-corrected chi connectivity index (χ3v) is 3.65. The molecule has 0 bridgehead atoms. The Labute approximate surface area is 119 Å². The molecule has 3 heteroatoms. The van der Waals surface area contributed by atoms with E-state index in [9.17, 15) is 5.11 Å². The quantitative estimate of drug-likeness (QED) is 0.895. The van der Waals surface area contributed by atoms with Gasteiger partial charge in [-0.2, -0.15) is 0 Å². The molecule has 0 fully saturated rings. The highest BCUT2D eigenvalue weighted by Gasteiger charge is 2.12. The van der Waals surface area contributed by atoms with Crippen LogP contribution in [0.5, 0.6) is 5.75 Å². The second kappa shape index (κ2) is 5.55. The minimum atomic E-state index is -0.466. The highest BCUT2D eigenvalue weighted by atomic mass is 16.5. The molecular weight excluding hydrogens is 250 g/mol. The molecule has 1 unspecified atom stereocenters. The fourth-order valence-corrected chi connectivity index (χ4v) is 2.57. The number of fused-ring (bicyclic) bond motifs is 1. The zero-order chi connectivity index (χ0) is 13.9. The van der Waals surface area contributed by atoms with Crippen molar-refractivity contribution in [3.8, 4) is 5.75 Å². The zero-order valence-corrected chi connectivity index (χ0v) is 11.6. The van der Waals surface area contributed by atoms with Crippen molar-refractivity contribution in [2.75, 3.05) is 11.9 Å². The third kappa shape index (κ3) is 2.63. The number of nitrogens with one attached hydrogen (secondary N) is 1. The minimum absolute atomic E-state index is 0.466. The lowest BCUT2D eigenvalue weighted by molar-refractivity contribution is 0.200. The lowest BCUT2D eigenvalue weighted by Gasteiger charge is -2.14. The predicted molar refractivity (Wildman–Crippen MR) is 80.0 cm³/mol. The molecule has 20 heavy (non-hydrogen) atoms. The molecule has 0 aliphatic carbocycles. The molecule has 0 amide bonds. The Morgan fingerprint density at radius 1 is 1.25 bits per heavy atom. The van der Waals surface area contributed by atoms with E-state index in [1.807, 2.05) is 30.3 Å². The van der Waals surface area contributed by atoms with Crippen molar-refractivity contribution in [2.24, 2.45) is 0 Å². The normalized spacial score (nSPS) is 14.5. The van der Waals surface area contributed by atoms with Crippen molar-refractivity contribution in [1.29, 1.82) is 0 Å². The lowest BCUT2D eigenvalue weighted by Crippen LogP contribution is -2.04. The summed E-state index contributed by atoms with van der Waals surface area (Å²) < 4.78 is 5.51. The summed E-state index contributed by atoms with van der Waals surface area (Å²) in [5, 5.41) is 13.2. The number of anilines is 1. The van der Waals surface area contributed by atoms with E-state index in [0.717, 1.165) is 36.6 Å².